The molecular weight excluding hydrogens is 189 g/mol. The fourth-order valence-electron chi connectivity index (χ4n) is 1.06. The second-order valence-corrected chi connectivity index (χ2v) is 3.89. The molecule has 0 aliphatic heterocycles. The van der Waals surface area contributed by atoms with Gasteiger partial charge < -0.3 is 0 Å². The third-order valence-corrected chi connectivity index (χ3v) is 2.16. The average Bonchev–Trinajstić information content (AvgIpc) is 2.07. The molecule has 0 radical (unpaired) electrons. The molecule has 1 rings (SSSR count). The highest BCUT2D eigenvalue weighted by molar-refractivity contribution is 6.30. The first-order valence-electron chi connectivity index (χ1n) is 4.40. The van der Waals surface area contributed by atoms with Gasteiger partial charge in [0.15, 0.2) is 5.82 Å². The van der Waals surface area contributed by atoms with Gasteiger partial charge in [0.2, 0.25) is 0 Å². The quantitative estimate of drug-likeness (QED) is 0.730. The Morgan fingerprint density at radius 3 is 2.85 bits per heavy atom. The summed E-state index contributed by atoms with van der Waals surface area (Å²) < 4.78 is 13.3. The van der Waals surface area contributed by atoms with Crippen molar-refractivity contribution in [1.82, 2.24) is 4.98 Å². The lowest BCUT2D eigenvalue weighted by Gasteiger charge is -2.05. The molecule has 0 saturated carbocycles. The highest BCUT2D eigenvalue weighted by atomic mass is 35.5. The monoisotopic (exact) mass is 201 g/mol. The van der Waals surface area contributed by atoms with Crippen LogP contribution in [0.1, 0.15) is 26.0 Å². The maximum atomic E-state index is 13.3. The summed E-state index contributed by atoms with van der Waals surface area (Å²) in [5.74, 6) is 0.185. The smallest absolute Gasteiger partial charge is 0.163 e. The average molecular weight is 202 g/mol. The summed E-state index contributed by atoms with van der Waals surface area (Å²) in [5.41, 5.74) is 0.473. The predicted octanol–water partition coefficient (Wildman–Crippen LogP) is 3.46. The first-order valence-corrected chi connectivity index (χ1v) is 4.78. The lowest BCUT2D eigenvalue weighted by atomic mass is 10.1. The van der Waals surface area contributed by atoms with E-state index in [9.17, 15) is 4.39 Å². The van der Waals surface area contributed by atoms with Crippen LogP contribution in [0.3, 0.4) is 0 Å². The minimum absolute atomic E-state index is 0.161. The summed E-state index contributed by atoms with van der Waals surface area (Å²) in [5, 5.41) is 0.161. The van der Waals surface area contributed by atoms with Crippen LogP contribution in [0.2, 0.25) is 5.02 Å². The zero-order valence-electron chi connectivity index (χ0n) is 7.85. The van der Waals surface area contributed by atoms with Crippen molar-refractivity contribution in [2.75, 3.05) is 0 Å². The molecule has 3 heteroatoms. The van der Waals surface area contributed by atoms with E-state index in [1.54, 1.807) is 6.20 Å². The van der Waals surface area contributed by atoms with E-state index < -0.39 is 0 Å². The Morgan fingerprint density at radius 1 is 1.54 bits per heavy atom. The fraction of sp³-hybridized carbons (Fsp3) is 0.500. The zero-order chi connectivity index (χ0) is 9.84. The minimum atomic E-state index is -0.371. The van der Waals surface area contributed by atoms with Gasteiger partial charge in [-0.15, -0.1) is 0 Å². The summed E-state index contributed by atoms with van der Waals surface area (Å²) in [6.45, 7) is 4.20. The number of aryl methyl sites for hydroxylation is 1. The Labute approximate surface area is 82.9 Å². The summed E-state index contributed by atoms with van der Waals surface area (Å²) in [6, 6.07) is 1.47. The summed E-state index contributed by atoms with van der Waals surface area (Å²) >= 11 is 5.61. The second-order valence-electron chi connectivity index (χ2n) is 3.49. The zero-order valence-corrected chi connectivity index (χ0v) is 8.61. The Bertz CT molecular complexity index is 286. The molecule has 0 N–H and O–H groups in total. The van der Waals surface area contributed by atoms with Crippen molar-refractivity contribution in [3.8, 4) is 0 Å². The van der Waals surface area contributed by atoms with E-state index in [1.165, 1.54) is 6.07 Å². The van der Waals surface area contributed by atoms with Crippen molar-refractivity contribution in [3.05, 3.63) is 28.8 Å². The number of hydrogen-bond donors (Lipinski definition) is 0. The van der Waals surface area contributed by atoms with Crippen molar-refractivity contribution >= 4 is 11.6 Å². The van der Waals surface area contributed by atoms with Gasteiger partial charge in [-0.3, -0.25) is 4.98 Å². The van der Waals surface area contributed by atoms with Gasteiger partial charge in [-0.1, -0.05) is 25.4 Å². The lowest BCUT2D eigenvalue weighted by molar-refractivity contribution is 0.548. The lowest BCUT2D eigenvalue weighted by Crippen LogP contribution is -1.98. The van der Waals surface area contributed by atoms with Gasteiger partial charge in [-0.2, -0.15) is 0 Å². The molecule has 1 nitrogen and oxygen atoms in total. The summed E-state index contributed by atoms with van der Waals surface area (Å²) in [7, 11) is 0. The third-order valence-electron chi connectivity index (χ3n) is 1.87. The van der Waals surface area contributed by atoms with Crippen LogP contribution < -0.4 is 0 Å². The largest absolute Gasteiger partial charge is 0.258 e. The van der Waals surface area contributed by atoms with Crippen molar-refractivity contribution in [2.24, 2.45) is 5.92 Å². The van der Waals surface area contributed by atoms with Crippen LogP contribution >= 0.6 is 11.6 Å². The van der Waals surface area contributed by atoms with Crippen LogP contribution in [0, 0.1) is 11.7 Å². The van der Waals surface area contributed by atoms with E-state index in [2.05, 4.69) is 18.8 Å². The topological polar surface area (TPSA) is 12.9 Å². The van der Waals surface area contributed by atoms with Crippen molar-refractivity contribution in [2.45, 2.75) is 26.7 Å². The normalized spacial score (nSPS) is 10.8. The van der Waals surface area contributed by atoms with E-state index in [-0.39, 0.29) is 10.8 Å². The van der Waals surface area contributed by atoms with Crippen LogP contribution in [0.15, 0.2) is 12.3 Å². The number of hydrogen-bond acceptors (Lipinski definition) is 1. The molecule has 1 aromatic rings. The van der Waals surface area contributed by atoms with Gasteiger partial charge in [0.1, 0.15) is 0 Å². The molecule has 0 saturated heterocycles. The highest BCUT2D eigenvalue weighted by Gasteiger charge is 2.07. The first-order chi connectivity index (χ1) is 6.11. The Hall–Kier alpha value is -0.630. The van der Waals surface area contributed by atoms with Crippen LogP contribution in [0.25, 0.3) is 0 Å². The Kier molecular flexibility index (Phi) is 3.67. The van der Waals surface area contributed by atoms with E-state index >= 15 is 0 Å². The van der Waals surface area contributed by atoms with E-state index in [4.69, 9.17) is 11.6 Å². The van der Waals surface area contributed by atoms with Crippen molar-refractivity contribution in [3.63, 3.8) is 0 Å². The molecule has 0 aliphatic carbocycles. The number of aromatic nitrogens is 1. The number of rotatable bonds is 3. The van der Waals surface area contributed by atoms with Crippen molar-refractivity contribution in [1.29, 1.82) is 0 Å². The van der Waals surface area contributed by atoms with Gasteiger partial charge in [-0.25, -0.2) is 4.39 Å². The molecule has 0 unspecified atom stereocenters. The molecule has 0 aliphatic rings. The SMILES string of the molecule is CC(C)CCc1nccc(Cl)c1F. The second kappa shape index (κ2) is 4.56. The van der Waals surface area contributed by atoms with Gasteiger partial charge in [0.05, 0.1) is 10.7 Å². The number of halogens is 2. The molecule has 13 heavy (non-hydrogen) atoms. The van der Waals surface area contributed by atoms with Crippen LogP contribution in [0.4, 0.5) is 4.39 Å². The molecule has 0 amide bonds. The van der Waals surface area contributed by atoms with Gasteiger partial charge in [-0.05, 0) is 24.8 Å². The number of pyridine rings is 1. The van der Waals surface area contributed by atoms with Gasteiger partial charge in [0.25, 0.3) is 0 Å². The van der Waals surface area contributed by atoms with E-state index in [1.807, 2.05) is 0 Å². The third kappa shape index (κ3) is 2.96. The summed E-state index contributed by atoms with van der Waals surface area (Å²) in [4.78, 5) is 3.95. The maximum Gasteiger partial charge on any atom is 0.163 e. The van der Waals surface area contributed by atoms with Crippen LogP contribution in [-0.4, -0.2) is 4.98 Å². The van der Waals surface area contributed by atoms with Crippen LogP contribution in [0.5, 0.6) is 0 Å². The molecule has 0 fully saturated rings. The minimum Gasteiger partial charge on any atom is -0.258 e. The molecule has 0 bridgehead atoms. The van der Waals surface area contributed by atoms with E-state index in [0.717, 1.165) is 6.42 Å². The highest BCUT2D eigenvalue weighted by Crippen LogP contribution is 2.17. The molecule has 0 atom stereocenters. The summed E-state index contributed by atoms with van der Waals surface area (Å²) in [6.07, 6.45) is 3.13. The number of nitrogens with zero attached hydrogens (tertiary/aromatic N) is 1. The molecule has 0 spiro atoms. The Morgan fingerprint density at radius 2 is 2.23 bits per heavy atom. The van der Waals surface area contributed by atoms with E-state index in [0.29, 0.717) is 18.0 Å². The standard InChI is InChI=1S/C10H13ClFN/c1-7(2)3-4-9-10(12)8(11)5-6-13-9/h5-7H,3-4H2,1-2H3. The molecule has 72 valence electrons. The fourth-order valence-corrected chi connectivity index (χ4v) is 1.23. The Balaban J connectivity index is 2.71. The molecular formula is C10H13ClFN. The maximum absolute atomic E-state index is 13.3. The molecule has 0 aromatic carbocycles. The first kappa shape index (κ1) is 10.5. The molecule has 1 aromatic heterocycles. The van der Waals surface area contributed by atoms with Crippen LogP contribution in [-0.2, 0) is 6.42 Å². The van der Waals surface area contributed by atoms with Crippen molar-refractivity contribution < 1.29 is 4.39 Å². The molecule has 1 heterocycles. The van der Waals surface area contributed by atoms with Gasteiger partial charge >= 0.3 is 0 Å². The van der Waals surface area contributed by atoms with Gasteiger partial charge in [0, 0.05) is 6.20 Å². The predicted molar refractivity (Wildman–Crippen MR) is 52.4 cm³/mol.